The van der Waals surface area contributed by atoms with Crippen molar-refractivity contribution in [3.63, 3.8) is 0 Å². The highest BCUT2D eigenvalue weighted by Gasteiger charge is 2.34. The van der Waals surface area contributed by atoms with E-state index in [2.05, 4.69) is 40.9 Å². The fraction of sp³-hybridized carbons (Fsp3) is 0.600. The summed E-state index contributed by atoms with van der Waals surface area (Å²) in [5, 5.41) is 0. The van der Waals surface area contributed by atoms with Crippen LogP contribution in [0.3, 0.4) is 0 Å². The Balaban J connectivity index is 2.80. The molecule has 0 amide bonds. The zero-order valence-electron chi connectivity index (χ0n) is 11.3. The van der Waals surface area contributed by atoms with Crippen molar-refractivity contribution in [2.24, 2.45) is 0 Å². The molecule has 0 fully saturated rings. The molecule has 0 saturated heterocycles. The van der Waals surface area contributed by atoms with Gasteiger partial charge in [-0.05, 0) is 73.1 Å². The summed E-state index contributed by atoms with van der Waals surface area (Å²) in [6, 6.07) is 0. The molecule has 0 aliphatic heterocycles. The van der Waals surface area contributed by atoms with Gasteiger partial charge < -0.3 is 0 Å². The average molecular weight is 234 g/mol. The first-order chi connectivity index (χ1) is 7.40. The van der Waals surface area contributed by atoms with Crippen LogP contribution in [0.4, 0.5) is 0 Å². The standard InChI is InChI=1S/C15H22S/c1-9-10(2)14(16-6)11(3)13-12(9)7-8-15(13,4)5/h7-8H2,1-6H3. The molecule has 0 nitrogen and oxygen atoms in total. The molecule has 0 unspecified atom stereocenters. The summed E-state index contributed by atoms with van der Waals surface area (Å²) in [6.45, 7) is 11.7. The van der Waals surface area contributed by atoms with E-state index in [1.807, 2.05) is 11.8 Å². The molecule has 0 atom stereocenters. The Labute approximate surface area is 104 Å². The Hall–Kier alpha value is -0.430. The van der Waals surface area contributed by atoms with Crippen LogP contribution in [0.1, 0.15) is 48.1 Å². The Morgan fingerprint density at radius 1 is 1.00 bits per heavy atom. The van der Waals surface area contributed by atoms with E-state index in [1.165, 1.54) is 34.4 Å². The summed E-state index contributed by atoms with van der Waals surface area (Å²) in [6.07, 6.45) is 4.77. The fourth-order valence-corrected chi connectivity index (χ4v) is 4.17. The summed E-state index contributed by atoms with van der Waals surface area (Å²) in [5.41, 5.74) is 8.23. The molecule has 0 radical (unpaired) electrons. The normalized spacial score (nSPS) is 17.6. The Kier molecular flexibility index (Phi) is 2.86. The van der Waals surface area contributed by atoms with E-state index in [0.29, 0.717) is 5.41 Å². The molecule has 1 heteroatoms. The van der Waals surface area contributed by atoms with Gasteiger partial charge in [0, 0.05) is 4.90 Å². The molecule has 0 aromatic heterocycles. The Bertz CT molecular complexity index is 441. The van der Waals surface area contributed by atoms with Gasteiger partial charge in [0.15, 0.2) is 0 Å². The molecule has 1 aromatic carbocycles. The lowest BCUT2D eigenvalue weighted by Crippen LogP contribution is -2.15. The smallest absolute Gasteiger partial charge is 0.0133 e. The fourth-order valence-electron chi connectivity index (χ4n) is 3.30. The van der Waals surface area contributed by atoms with Crippen LogP contribution in [-0.4, -0.2) is 6.26 Å². The van der Waals surface area contributed by atoms with Crippen LogP contribution in [0.15, 0.2) is 4.90 Å². The minimum Gasteiger partial charge on any atom is -0.129 e. The maximum absolute atomic E-state index is 2.39. The van der Waals surface area contributed by atoms with E-state index < -0.39 is 0 Å². The summed E-state index contributed by atoms with van der Waals surface area (Å²) >= 11 is 1.90. The van der Waals surface area contributed by atoms with Crippen LogP contribution in [0.2, 0.25) is 0 Å². The van der Waals surface area contributed by atoms with Crippen LogP contribution in [0, 0.1) is 20.8 Å². The molecule has 0 spiro atoms. The minimum atomic E-state index is 0.377. The number of benzene rings is 1. The maximum atomic E-state index is 2.39. The van der Waals surface area contributed by atoms with Crippen molar-refractivity contribution in [1.29, 1.82) is 0 Å². The highest BCUT2D eigenvalue weighted by Crippen LogP contribution is 2.45. The number of hydrogen-bond donors (Lipinski definition) is 0. The van der Waals surface area contributed by atoms with Gasteiger partial charge in [-0.15, -0.1) is 11.8 Å². The van der Waals surface area contributed by atoms with Crippen molar-refractivity contribution >= 4 is 11.8 Å². The van der Waals surface area contributed by atoms with E-state index in [4.69, 9.17) is 0 Å². The Morgan fingerprint density at radius 3 is 2.19 bits per heavy atom. The van der Waals surface area contributed by atoms with Gasteiger partial charge in [0.05, 0.1) is 0 Å². The van der Waals surface area contributed by atoms with E-state index in [0.717, 1.165) is 0 Å². The lowest BCUT2D eigenvalue weighted by molar-refractivity contribution is 0.519. The van der Waals surface area contributed by atoms with Crippen LogP contribution < -0.4 is 0 Å². The first-order valence-corrected chi connectivity index (χ1v) is 7.29. The van der Waals surface area contributed by atoms with Gasteiger partial charge in [0.25, 0.3) is 0 Å². The highest BCUT2D eigenvalue weighted by atomic mass is 32.2. The number of rotatable bonds is 1. The molecule has 0 N–H and O–H groups in total. The Morgan fingerprint density at radius 2 is 1.62 bits per heavy atom. The van der Waals surface area contributed by atoms with Gasteiger partial charge in [0.2, 0.25) is 0 Å². The van der Waals surface area contributed by atoms with Crippen molar-refractivity contribution in [2.45, 2.75) is 57.8 Å². The molecule has 1 aromatic rings. The van der Waals surface area contributed by atoms with Gasteiger partial charge in [-0.1, -0.05) is 13.8 Å². The quantitative estimate of drug-likeness (QED) is 0.642. The SMILES string of the molecule is CSc1c(C)c(C)c2c(c1C)C(C)(C)CC2. The molecule has 2 rings (SSSR count). The molecule has 16 heavy (non-hydrogen) atoms. The molecule has 1 aliphatic carbocycles. The van der Waals surface area contributed by atoms with Gasteiger partial charge >= 0.3 is 0 Å². The van der Waals surface area contributed by atoms with Crippen molar-refractivity contribution < 1.29 is 0 Å². The molecule has 0 heterocycles. The number of hydrogen-bond acceptors (Lipinski definition) is 1. The van der Waals surface area contributed by atoms with Crippen LogP contribution >= 0.6 is 11.8 Å². The maximum Gasteiger partial charge on any atom is 0.0133 e. The van der Waals surface area contributed by atoms with E-state index in [1.54, 1.807) is 11.1 Å². The first kappa shape index (κ1) is 12.0. The lowest BCUT2D eigenvalue weighted by atomic mass is 9.82. The number of fused-ring (bicyclic) bond motifs is 1. The predicted octanol–water partition coefficient (Wildman–Crippen LogP) is 4.56. The van der Waals surface area contributed by atoms with E-state index in [9.17, 15) is 0 Å². The van der Waals surface area contributed by atoms with Crippen LogP contribution in [0.5, 0.6) is 0 Å². The van der Waals surface area contributed by atoms with Crippen molar-refractivity contribution in [3.05, 3.63) is 27.8 Å². The zero-order chi connectivity index (χ0) is 12.1. The third-order valence-corrected chi connectivity index (χ3v) is 5.27. The van der Waals surface area contributed by atoms with Crippen LogP contribution in [0.25, 0.3) is 0 Å². The van der Waals surface area contributed by atoms with Gasteiger partial charge in [-0.25, -0.2) is 0 Å². The molecule has 0 saturated carbocycles. The van der Waals surface area contributed by atoms with Gasteiger partial charge in [-0.2, -0.15) is 0 Å². The summed E-state index contributed by atoms with van der Waals surface area (Å²) < 4.78 is 0. The van der Waals surface area contributed by atoms with Gasteiger partial charge in [0.1, 0.15) is 0 Å². The first-order valence-electron chi connectivity index (χ1n) is 6.07. The number of thioether (sulfide) groups is 1. The average Bonchev–Trinajstić information content (AvgIpc) is 2.52. The third-order valence-electron chi connectivity index (χ3n) is 4.25. The largest absolute Gasteiger partial charge is 0.129 e. The van der Waals surface area contributed by atoms with Crippen molar-refractivity contribution in [1.82, 2.24) is 0 Å². The van der Waals surface area contributed by atoms with E-state index in [-0.39, 0.29) is 0 Å². The second-order valence-corrected chi connectivity index (χ2v) is 6.46. The molecule has 1 aliphatic rings. The molecule has 88 valence electrons. The monoisotopic (exact) mass is 234 g/mol. The second kappa shape index (κ2) is 3.80. The van der Waals surface area contributed by atoms with Crippen LogP contribution in [-0.2, 0) is 11.8 Å². The predicted molar refractivity (Wildman–Crippen MR) is 73.8 cm³/mol. The topological polar surface area (TPSA) is 0 Å². The third kappa shape index (κ3) is 1.52. The van der Waals surface area contributed by atoms with Crippen molar-refractivity contribution in [3.8, 4) is 0 Å². The highest BCUT2D eigenvalue weighted by molar-refractivity contribution is 7.98. The zero-order valence-corrected chi connectivity index (χ0v) is 12.1. The summed E-state index contributed by atoms with van der Waals surface area (Å²) in [4.78, 5) is 1.51. The molecule has 0 bridgehead atoms. The van der Waals surface area contributed by atoms with E-state index >= 15 is 0 Å². The summed E-state index contributed by atoms with van der Waals surface area (Å²) in [5.74, 6) is 0. The summed E-state index contributed by atoms with van der Waals surface area (Å²) in [7, 11) is 0. The van der Waals surface area contributed by atoms with Crippen molar-refractivity contribution in [2.75, 3.05) is 6.26 Å². The lowest BCUT2D eigenvalue weighted by Gasteiger charge is -2.25. The minimum absolute atomic E-state index is 0.377. The van der Waals surface area contributed by atoms with Gasteiger partial charge in [-0.3, -0.25) is 0 Å². The second-order valence-electron chi connectivity index (χ2n) is 5.65. The molecular weight excluding hydrogens is 212 g/mol. The molecular formula is C15H22S.